The summed E-state index contributed by atoms with van der Waals surface area (Å²) in [5, 5.41) is 9.43. The Labute approximate surface area is 80.4 Å². The fourth-order valence-electron chi connectivity index (χ4n) is 1.03. The molecule has 2 atom stereocenters. The number of hydrogen-bond acceptors (Lipinski definition) is 4. The van der Waals surface area contributed by atoms with Crippen LogP contribution >= 0.6 is 0 Å². The number of rotatable bonds is 7. The van der Waals surface area contributed by atoms with E-state index in [0.29, 0.717) is 19.8 Å². The maximum absolute atomic E-state index is 9.43. The van der Waals surface area contributed by atoms with Gasteiger partial charge in [0.05, 0.1) is 25.4 Å². The van der Waals surface area contributed by atoms with E-state index in [1.807, 2.05) is 25.9 Å². The summed E-state index contributed by atoms with van der Waals surface area (Å²) in [5.74, 6) is 0. The van der Waals surface area contributed by atoms with Crippen molar-refractivity contribution in [2.24, 2.45) is 0 Å². The molecule has 0 spiro atoms. The summed E-state index contributed by atoms with van der Waals surface area (Å²) < 4.78 is 10.2. The van der Waals surface area contributed by atoms with Crippen molar-refractivity contribution >= 4 is 0 Å². The minimum atomic E-state index is -0.422. The second-order valence-corrected chi connectivity index (χ2v) is 3.52. The van der Waals surface area contributed by atoms with Crippen LogP contribution in [0.1, 0.15) is 6.92 Å². The molecule has 0 aromatic carbocycles. The molecule has 0 saturated heterocycles. The zero-order chi connectivity index (χ0) is 10.3. The van der Waals surface area contributed by atoms with Gasteiger partial charge in [-0.15, -0.1) is 0 Å². The fraction of sp³-hybridized carbons (Fsp3) is 1.00. The molecule has 0 amide bonds. The molecular weight excluding hydrogens is 170 g/mol. The highest BCUT2D eigenvalue weighted by Gasteiger charge is 2.08. The lowest BCUT2D eigenvalue weighted by Gasteiger charge is -2.18. The molecule has 80 valence electrons. The molecule has 0 aliphatic rings. The normalized spacial score (nSPS) is 16.2. The summed E-state index contributed by atoms with van der Waals surface area (Å²) in [7, 11) is 5.47. The van der Waals surface area contributed by atoms with Gasteiger partial charge < -0.3 is 19.5 Å². The first-order chi connectivity index (χ1) is 6.06. The maximum Gasteiger partial charge on any atom is 0.0900 e. The molecule has 4 heteroatoms. The van der Waals surface area contributed by atoms with Gasteiger partial charge in [-0.3, -0.25) is 0 Å². The lowest BCUT2D eigenvalue weighted by atomic mass is 10.3. The summed E-state index contributed by atoms with van der Waals surface area (Å²) in [6.07, 6.45) is -0.379. The van der Waals surface area contributed by atoms with Gasteiger partial charge in [-0.2, -0.15) is 0 Å². The van der Waals surface area contributed by atoms with Crippen LogP contribution in [0.4, 0.5) is 0 Å². The third-order valence-electron chi connectivity index (χ3n) is 1.55. The lowest BCUT2D eigenvalue weighted by molar-refractivity contribution is -0.0367. The molecule has 1 N–H and O–H groups in total. The Bertz CT molecular complexity index is 119. The van der Waals surface area contributed by atoms with Crippen LogP contribution in [0.15, 0.2) is 0 Å². The summed E-state index contributed by atoms with van der Waals surface area (Å²) in [4.78, 5) is 1.93. The van der Waals surface area contributed by atoms with Crippen LogP contribution in [0, 0.1) is 0 Å². The SMILES string of the molecule is COCC(C)OCC(O)CN(C)C. The average molecular weight is 191 g/mol. The van der Waals surface area contributed by atoms with Gasteiger partial charge in [0, 0.05) is 13.7 Å². The van der Waals surface area contributed by atoms with E-state index < -0.39 is 6.10 Å². The Morgan fingerprint density at radius 1 is 1.31 bits per heavy atom. The monoisotopic (exact) mass is 191 g/mol. The summed E-state index contributed by atoms with van der Waals surface area (Å²) >= 11 is 0. The van der Waals surface area contributed by atoms with Gasteiger partial charge in [-0.05, 0) is 21.0 Å². The standard InChI is InChI=1S/C9H21NO3/c1-8(6-12-4)13-7-9(11)5-10(2)3/h8-9,11H,5-7H2,1-4H3. The van der Waals surface area contributed by atoms with Crippen LogP contribution in [0.3, 0.4) is 0 Å². The van der Waals surface area contributed by atoms with Crippen molar-refractivity contribution in [1.82, 2.24) is 4.90 Å². The van der Waals surface area contributed by atoms with E-state index in [9.17, 15) is 5.11 Å². The van der Waals surface area contributed by atoms with E-state index in [1.165, 1.54) is 0 Å². The highest BCUT2D eigenvalue weighted by Crippen LogP contribution is 1.94. The van der Waals surface area contributed by atoms with Crippen LogP contribution in [0.25, 0.3) is 0 Å². The van der Waals surface area contributed by atoms with Gasteiger partial charge in [-0.25, -0.2) is 0 Å². The number of aliphatic hydroxyl groups excluding tert-OH is 1. The second kappa shape index (κ2) is 7.26. The van der Waals surface area contributed by atoms with Gasteiger partial charge in [0.1, 0.15) is 0 Å². The number of aliphatic hydroxyl groups is 1. The van der Waals surface area contributed by atoms with Crippen molar-refractivity contribution in [1.29, 1.82) is 0 Å². The Hall–Kier alpha value is -0.160. The predicted octanol–water partition coefficient (Wildman–Crippen LogP) is -0.0396. The summed E-state index contributed by atoms with van der Waals surface area (Å²) in [6, 6.07) is 0. The Morgan fingerprint density at radius 2 is 1.92 bits per heavy atom. The number of hydrogen-bond donors (Lipinski definition) is 1. The van der Waals surface area contributed by atoms with E-state index in [0.717, 1.165) is 0 Å². The molecular formula is C9H21NO3. The number of nitrogens with zero attached hydrogens (tertiary/aromatic N) is 1. The zero-order valence-electron chi connectivity index (χ0n) is 8.99. The largest absolute Gasteiger partial charge is 0.389 e. The van der Waals surface area contributed by atoms with Gasteiger partial charge >= 0.3 is 0 Å². The predicted molar refractivity (Wildman–Crippen MR) is 51.9 cm³/mol. The highest BCUT2D eigenvalue weighted by atomic mass is 16.5. The zero-order valence-corrected chi connectivity index (χ0v) is 8.99. The van der Waals surface area contributed by atoms with Gasteiger partial charge in [0.15, 0.2) is 0 Å². The molecule has 2 unspecified atom stereocenters. The van der Waals surface area contributed by atoms with Crippen molar-refractivity contribution in [3.05, 3.63) is 0 Å². The Balaban J connectivity index is 3.40. The molecule has 0 rings (SSSR count). The summed E-state index contributed by atoms with van der Waals surface area (Å²) in [5.41, 5.74) is 0. The van der Waals surface area contributed by atoms with Crippen molar-refractivity contribution in [2.45, 2.75) is 19.1 Å². The van der Waals surface area contributed by atoms with Crippen LogP contribution in [0.5, 0.6) is 0 Å². The van der Waals surface area contributed by atoms with E-state index in [1.54, 1.807) is 7.11 Å². The van der Waals surface area contributed by atoms with Crippen LogP contribution in [-0.4, -0.2) is 63.2 Å². The average Bonchev–Trinajstić information content (AvgIpc) is 2.00. The topological polar surface area (TPSA) is 41.9 Å². The molecule has 0 radical (unpaired) electrons. The number of methoxy groups -OCH3 is 1. The molecule has 0 saturated carbocycles. The molecule has 4 nitrogen and oxygen atoms in total. The third-order valence-corrected chi connectivity index (χ3v) is 1.55. The smallest absolute Gasteiger partial charge is 0.0900 e. The van der Waals surface area contributed by atoms with E-state index >= 15 is 0 Å². The molecule has 0 fully saturated rings. The molecule has 0 aliphatic carbocycles. The molecule has 0 aromatic rings. The van der Waals surface area contributed by atoms with Crippen molar-refractivity contribution < 1.29 is 14.6 Å². The van der Waals surface area contributed by atoms with E-state index in [-0.39, 0.29) is 6.10 Å². The first-order valence-corrected chi connectivity index (χ1v) is 4.49. The van der Waals surface area contributed by atoms with Crippen LogP contribution in [0.2, 0.25) is 0 Å². The molecule has 0 aromatic heterocycles. The number of ether oxygens (including phenoxy) is 2. The van der Waals surface area contributed by atoms with Crippen LogP contribution in [-0.2, 0) is 9.47 Å². The van der Waals surface area contributed by atoms with Gasteiger partial charge in [0.25, 0.3) is 0 Å². The summed E-state index contributed by atoms with van der Waals surface area (Å²) in [6.45, 7) is 3.48. The third kappa shape index (κ3) is 8.18. The number of likely N-dealkylation sites (N-methyl/N-ethyl adjacent to an activating group) is 1. The van der Waals surface area contributed by atoms with E-state index in [2.05, 4.69) is 0 Å². The quantitative estimate of drug-likeness (QED) is 0.613. The van der Waals surface area contributed by atoms with Gasteiger partial charge in [0.2, 0.25) is 0 Å². The minimum absolute atomic E-state index is 0.0433. The van der Waals surface area contributed by atoms with Gasteiger partial charge in [-0.1, -0.05) is 0 Å². The first kappa shape index (κ1) is 12.8. The minimum Gasteiger partial charge on any atom is -0.389 e. The molecule has 0 bridgehead atoms. The van der Waals surface area contributed by atoms with Crippen molar-refractivity contribution in [3.8, 4) is 0 Å². The van der Waals surface area contributed by atoms with Crippen molar-refractivity contribution in [2.75, 3.05) is 41.0 Å². The Morgan fingerprint density at radius 3 is 2.38 bits per heavy atom. The maximum atomic E-state index is 9.43. The molecule has 0 heterocycles. The van der Waals surface area contributed by atoms with E-state index in [4.69, 9.17) is 9.47 Å². The lowest BCUT2D eigenvalue weighted by Crippen LogP contribution is -2.31. The molecule has 0 aliphatic heterocycles. The van der Waals surface area contributed by atoms with Crippen LogP contribution < -0.4 is 0 Å². The van der Waals surface area contributed by atoms with Crippen molar-refractivity contribution in [3.63, 3.8) is 0 Å². The second-order valence-electron chi connectivity index (χ2n) is 3.52. The highest BCUT2D eigenvalue weighted by molar-refractivity contribution is 4.58. The first-order valence-electron chi connectivity index (χ1n) is 4.49. The fourth-order valence-corrected chi connectivity index (χ4v) is 1.03. The Kier molecular flexibility index (Phi) is 7.17. The molecule has 13 heavy (non-hydrogen) atoms.